The van der Waals surface area contributed by atoms with Crippen LogP contribution in [0, 0.1) is 0 Å². The molecule has 68 valence electrons. The van der Waals surface area contributed by atoms with Crippen LogP contribution in [0.4, 0.5) is 5.69 Å². The smallest absolute Gasteiger partial charge is 0.116 e. The fourth-order valence-electron chi connectivity index (χ4n) is 1.28. The van der Waals surface area contributed by atoms with Gasteiger partial charge in [-0.05, 0) is 17.9 Å². The Morgan fingerprint density at radius 1 is 1.62 bits per heavy atom. The number of H-pyrrole nitrogens is 1. The van der Waals surface area contributed by atoms with E-state index in [-0.39, 0.29) is 0 Å². The third-order valence-corrected chi connectivity index (χ3v) is 2.71. The highest BCUT2D eigenvalue weighted by atomic mass is 32.1. The monoisotopic (exact) mass is 193 g/mol. The van der Waals surface area contributed by atoms with E-state index >= 15 is 0 Å². The molecule has 2 rings (SSSR count). The molecule has 0 bridgehead atoms. The Balaban J connectivity index is 2.48. The number of anilines is 1. The van der Waals surface area contributed by atoms with Crippen LogP contribution in [-0.4, -0.2) is 10.2 Å². The summed E-state index contributed by atoms with van der Waals surface area (Å²) in [6.45, 7) is 2.06. The predicted molar refractivity (Wildman–Crippen MR) is 55.7 cm³/mol. The summed E-state index contributed by atoms with van der Waals surface area (Å²) >= 11 is 1.65. The second-order valence-corrected chi connectivity index (χ2v) is 3.61. The van der Waals surface area contributed by atoms with Gasteiger partial charge in [-0.2, -0.15) is 16.4 Å². The molecule has 0 aliphatic carbocycles. The molecule has 0 saturated heterocycles. The number of rotatable bonds is 2. The van der Waals surface area contributed by atoms with Crippen molar-refractivity contribution >= 4 is 17.0 Å². The van der Waals surface area contributed by atoms with E-state index in [0.29, 0.717) is 0 Å². The quantitative estimate of drug-likeness (QED) is 0.768. The standard InChI is InChI=1S/C9H11N3S/c1-2-7-8(10)9(12-11-7)6-3-4-13-5-6/h3-5H,2,10H2,1H3,(H,11,12). The molecule has 13 heavy (non-hydrogen) atoms. The first-order chi connectivity index (χ1) is 6.33. The van der Waals surface area contributed by atoms with Gasteiger partial charge < -0.3 is 5.73 Å². The molecule has 2 aromatic heterocycles. The van der Waals surface area contributed by atoms with Gasteiger partial charge in [-0.15, -0.1) is 0 Å². The molecule has 0 radical (unpaired) electrons. The van der Waals surface area contributed by atoms with Crippen LogP contribution in [0.3, 0.4) is 0 Å². The second kappa shape index (κ2) is 3.22. The van der Waals surface area contributed by atoms with Crippen molar-refractivity contribution in [3.63, 3.8) is 0 Å². The lowest BCUT2D eigenvalue weighted by atomic mass is 10.2. The van der Waals surface area contributed by atoms with Gasteiger partial charge in [0.05, 0.1) is 11.4 Å². The minimum absolute atomic E-state index is 0.779. The number of nitrogen functional groups attached to an aromatic ring is 1. The molecule has 0 aromatic carbocycles. The summed E-state index contributed by atoms with van der Waals surface area (Å²) in [6.07, 6.45) is 0.892. The van der Waals surface area contributed by atoms with Gasteiger partial charge in [-0.1, -0.05) is 6.92 Å². The molecule has 3 N–H and O–H groups in total. The molecule has 0 saturated carbocycles. The molecule has 2 heterocycles. The molecule has 0 aliphatic heterocycles. The molecular weight excluding hydrogens is 182 g/mol. The van der Waals surface area contributed by atoms with Gasteiger partial charge in [0.25, 0.3) is 0 Å². The second-order valence-electron chi connectivity index (χ2n) is 2.83. The van der Waals surface area contributed by atoms with Crippen LogP contribution in [-0.2, 0) is 6.42 Å². The van der Waals surface area contributed by atoms with E-state index in [4.69, 9.17) is 5.73 Å². The van der Waals surface area contributed by atoms with Gasteiger partial charge in [-0.25, -0.2) is 0 Å². The van der Waals surface area contributed by atoms with Gasteiger partial charge in [0.1, 0.15) is 5.69 Å². The van der Waals surface area contributed by atoms with E-state index in [1.54, 1.807) is 11.3 Å². The molecular formula is C9H11N3S. The van der Waals surface area contributed by atoms with Crippen LogP contribution >= 0.6 is 11.3 Å². The van der Waals surface area contributed by atoms with Crippen LogP contribution in [0.1, 0.15) is 12.6 Å². The Hall–Kier alpha value is -1.29. The van der Waals surface area contributed by atoms with Crippen LogP contribution < -0.4 is 5.73 Å². The fraction of sp³-hybridized carbons (Fsp3) is 0.222. The molecule has 4 heteroatoms. The third-order valence-electron chi connectivity index (χ3n) is 2.03. The van der Waals surface area contributed by atoms with E-state index in [1.807, 2.05) is 16.8 Å². The minimum atomic E-state index is 0.779. The van der Waals surface area contributed by atoms with Gasteiger partial charge in [0.15, 0.2) is 0 Å². The first kappa shape index (κ1) is 8.31. The molecule has 2 aromatic rings. The largest absolute Gasteiger partial charge is 0.395 e. The molecule has 0 unspecified atom stereocenters. The first-order valence-electron chi connectivity index (χ1n) is 4.18. The van der Waals surface area contributed by atoms with Crippen molar-refractivity contribution in [2.75, 3.05) is 5.73 Å². The molecule has 3 nitrogen and oxygen atoms in total. The van der Waals surface area contributed by atoms with E-state index in [9.17, 15) is 0 Å². The van der Waals surface area contributed by atoms with Crippen LogP contribution in [0.25, 0.3) is 11.3 Å². The predicted octanol–water partition coefficient (Wildman–Crippen LogP) is 2.28. The highest BCUT2D eigenvalue weighted by molar-refractivity contribution is 7.08. The maximum atomic E-state index is 5.92. The fourth-order valence-corrected chi connectivity index (χ4v) is 1.92. The normalized spacial score (nSPS) is 10.5. The van der Waals surface area contributed by atoms with Gasteiger partial charge in [-0.3, -0.25) is 5.10 Å². The molecule has 0 atom stereocenters. The SMILES string of the molecule is CCc1[nH]nc(-c2ccsc2)c1N. The Morgan fingerprint density at radius 2 is 2.46 bits per heavy atom. The Labute approximate surface area is 80.6 Å². The number of thiophene rings is 1. The molecule has 0 amide bonds. The number of aryl methyl sites for hydroxylation is 1. The van der Waals surface area contributed by atoms with Crippen molar-refractivity contribution in [2.45, 2.75) is 13.3 Å². The summed E-state index contributed by atoms with van der Waals surface area (Å²) in [5.74, 6) is 0. The number of aromatic nitrogens is 2. The van der Waals surface area contributed by atoms with Crippen molar-refractivity contribution < 1.29 is 0 Å². The topological polar surface area (TPSA) is 54.7 Å². The zero-order valence-corrected chi connectivity index (χ0v) is 8.19. The maximum absolute atomic E-state index is 5.92. The summed E-state index contributed by atoms with van der Waals surface area (Å²) in [5.41, 5.74) is 9.68. The van der Waals surface area contributed by atoms with Gasteiger partial charge in [0.2, 0.25) is 0 Å². The minimum Gasteiger partial charge on any atom is -0.395 e. The zero-order valence-electron chi connectivity index (χ0n) is 7.37. The van der Waals surface area contributed by atoms with Crippen LogP contribution in [0.15, 0.2) is 16.8 Å². The highest BCUT2D eigenvalue weighted by Crippen LogP contribution is 2.27. The van der Waals surface area contributed by atoms with Crippen molar-refractivity contribution in [1.82, 2.24) is 10.2 Å². The van der Waals surface area contributed by atoms with Gasteiger partial charge in [0, 0.05) is 10.9 Å². The zero-order chi connectivity index (χ0) is 9.26. The highest BCUT2D eigenvalue weighted by Gasteiger charge is 2.09. The van der Waals surface area contributed by atoms with Crippen molar-refractivity contribution in [3.8, 4) is 11.3 Å². The number of nitrogens with one attached hydrogen (secondary N) is 1. The average Bonchev–Trinajstić information content (AvgIpc) is 2.72. The van der Waals surface area contributed by atoms with Crippen LogP contribution in [0.2, 0.25) is 0 Å². The molecule has 0 fully saturated rings. The van der Waals surface area contributed by atoms with Crippen LogP contribution in [0.5, 0.6) is 0 Å². The first-order valence-corrected chi connectivity index (χ1v) is 5.12. The Morgan fingerprint density at radius 3 is 3.00 bits per heavy atom. The summed E-state index contributed by atoms with van der Waals surface area (Å²) in [7, 11) is 0. The van der Waals surface area contributed by atoms with Crippen molar-refractivity contribution in [3.05, 3.63) is 22.5 Å². The third kappa shape index (κ3) is 1.33. The number of nitrogens with two attached hydrogens (primary N) is 1. The Kier molecular flexibility index (Phi) is 2.06. The van der Waals surface area contributed by atoms with E-state index < -0.39 is 0 Å². The van der Waals surface area contributed by atoms with E-state index in [0.717, 1.165) is 29.1 Å². The molecule has 0 spiro atoms. The summed E-state index contributed by atoms with van der Waals surface area (Å²) in [4.78, 5) is 0. The number of aromatic amines is 1. The summed E-state index contributed by atoms with van der Waals surface area (Å²) in [6, 6.07) is 2.02. The van der Waals surface area contributed by atoms with Gasteiger partial charge >= 0.3 is 0 Å². The lowest BCUT2D eigenvalue weighted by molar-refractivity contribution is 0.978. The van der Waals surface area contributed by atoms with E-state index in [1.165, 1.54) is 0 Å². The van der Waals surface area contributed by atoms with E-state index in [2.05, 4.69) is 17.1 Å². The Bertz CT molecular complexity index is 389. The number of hydrogen-bond acceptors (Lipinski definition) is 3. The number of hydrogen-bond donors (Lipinski definition) is 2. The lowest BCUT2D eigenvalue weighted by Gasteiger charge is -1.94. The van der Waals surface area contributed by atoms with Crippen molar-refractivity contribution in [2.24, 2.45) is 0 Å². The maximum Gasteiger partial charge on any atom is 0.116 e. The average molecular weight is 193 g/mol. The molecule has 0 aliphatic rings. The summed E-state index contributed by atoms with van der Waals surface area (Å²) < 4.78 is 0. The lowest BCUT2D eigenvalue weighted by Crippen LogP contribution is -1.90. The van der Waals surface area contributed by atoms with Crippen molar-refractivity contribution in [1.29, 1.82) is 0 Å². The number of nitrogens with zero attached hydrogens (tertiary/aromatic N) is 1. The summed E-state index contributed by atoms with van der Waals surface area (Å²) in [5, 5.41) is 11.2.